The molecule has 2 heterocycles. The molecule has 1 aromatic rings. The van der Waals surface area contributed by atoms with E-state index in [1.54, 1.807) is 6.07 Å². The first-order valence-electron chi connectivity index (χ1n) is 5.79. The zero-order valence-corrected chi connectivity index (χ0v) is 12.2. The normalized spacial score (nSPS) is 18.5. The Hall–Kier alpha value is -1.37. The van der Waals surface area contributed by atoms with E-state index in [4.69, 9.17) is 9.47 Å². The van der Waals surface area contributed by atoms with Crippen LogP contribution in [0.3, 0.4) is 0 Å². The molecule has 7 heteroatoms. The summed E-state index contributed by atoms with van der Waals surface area (Å²) in [5, 5.41) is 0. The maximum atomic E-state index is 13.6. The number of halogens is 2. The highest BCUT2D eigenvalue weighted by molar-refractivity contribution is 9.10. The second-order valence-corrected chi connectivity index (χ2v) is 5.04. The second-order valence-electron chi connectivity index (χ2n) is 4.24. The number of rotatable bonds is 3. The van der Waals surface area contributed by atoms with E-state index in [0.717, 1.165) is 0 Å². The summed E-state index contributed by atoms with van der Waals surface area (Å²) in [6.07, 6.45) is 0.675. The lowest BCUT2D eigenvalue weighted by atomic mass is 10.1. The van der Waals surface area contributed by atoms with Crippen LogP contribution in [-0.4, -0.2) is 38.3 Å². The van der Waals surface area contributed by atoms with Crippen LogP contribution in [0.4, 0.5) is 10.2 Å². The molecule has 1 atom stereocenters. The highest BCUT2D eigenvalue weighted by Gasteiger charge is 2.30. The molecule has 1 saturated heterocycles. The van der Waals surface area contributed by atoms with Crippen molar-refractivity contribution >= 4 is 27.7 Å². The van der Waals surface area contributed by atoms with Crippen molar-refractivity contribution in [3.05, 3.63) is 16.5 Å². The van der Waals surface area contributed by atoms with Crippen molar-refractivity contribution in [3.8, 4) is 5.75 Å². The number of hydrogen-bond donors (Lipinski definition) is 0. The molecule has 1 aromatic heterocycles. The summed E-state index contributed by atoms with van der Waals surface area (Å²) in [4.78, 5) is 17.2. The van der Waals surface area contributed by atoms with Gasteiger partial charge in [0.05, 0.1) is 20.1 Å². The number of hydrogen-bond acceptors (Lipinski definition) is 5. The largest absolute Gasteiger partial charge is 0.495 e. The molecule has 0 saturated carbocycles. The van der Waals surface area contributed by atoms with Crippen LogP contribution in [0.1, 0.15) is 6.42 Å². The van der Waals surface area contributed by atoms with E-state index < -0.39 is 5.95 Å². The van der Waals surface area contributed by atoms with Gasteiger partial charge >= 0.3 is 5.97 Å². The zero-order valence-electron chi connectivity index (χ0n) is 10.7. The van der Waals surface area contributed by atoms with Gasteiger partial charge in [-0.3, -0.25) is 4.79 Å². The molecule has 1 aliphatic heterocycles. The van der Waals surface area contributed by atoms with Gasteiger partial charge in [-0.25, -0.2) is 4.98 Å². The summed E-state index contributed by atoms with van der Waals surface area (Å²) in [6, 6.07) is 1.65. The molecule has 0 bridgehead atoms. The Balaban J connectivity index is 2.20. The Bertz CT molecular complexity index is 498. The topological polar surface area (TPSA) is 51.7 Å². The smallest absolute Gasteiger partial charge is 0.310 e. The third kappa shape index (κ3) is 2.80. The quantitative estimate of drug-likeness (QED) is 0.626. The monoisotopic (exact) mass is 332 g/mol. The van der Waals surface area contributed by atoms with Crippen LogP contribution in [0, 0.1) is 11.9 Å². The van der Waals surface area contributed by atoms with Crippen LogP contribution >= 0.6 is 15.9 Å². The Morgan fingerprint density at radius 1 is 1.58 bits per heavy atom. The van der Waals surface area contributed by atoms with Gasteiger partial charge in [0.2, 0.25) is 5.95 Å². The number of methoxy groups -OCH3 is 2. The Labute approximate surface area is 118 Å². The highest BCUT2D eigenvalue weighted by atomic mass is 79.9. The van der Waals surface area contributed by atoms with E-state index in [0.29, 0.717) is 31.1 Å². The zero-order chi connectivity index (χ0) is 14.0. The van der Waals surface area contributed by atoms with Crippen LogP contribution < -0.4 is 9.64 Å². The molecule has 104 valence electrons. The van der Waals surface area contributed by atoms with E-state index in [9.17, 15) is 9.18 Å². The number of anilines is 1. The van der Waals surface area contributed by atoms with Crippen LogP contribution in [0.15, 0.2) is 10.5 Å². The molecule has 0 N–H and O–H groups in total. The Morgan fingerprint density at radius 3 is 2.95 bits per heavy atom. The maximum Gasteiger partial charge on any atom is 0.310 e. The van der Waals surface area contributed by atoms with E-state index in [1.807, 2.05) is 4.90 Å². The van der Waals surface area contributed by atoms with Gasteiger partial charge in [0.25, 0.3) is 0 Å². The van der Waals surface area contributed by atoms with Crippen LogP contribution in [0.25, 0.3) is 0 Å². The molecule has 5 nitrogen and oxygen atoms in total. The van der Waals surface area contributed by atoms with Crippen LogP contribution in [0.2, 0.25) is 0 Å². The summed E-state index contributed by atoms with van der Waals surface area (Å²) in [5.41, 5.74) is 0. The summed E-state index contributed by atoms with van der Waals surface area (Å²) in [6.45, 7) is 1.11. The van der Waals surface area contributed by atoms with Gasteiger partial charge in [-0.15, -0.1) is 0 Å². The fourth-order valence-electron chi connectivity index (χ4n) is 2.10. The van der Waals surface area contributed by atoms with Crippen molar-refractivity contribution in [2.24, 2.45) is 5.92 Å². The molecule has 1 aliphatic rings. The number of aromatic nitrogens is 1. The number of ether oxygens (including phenoxy) is 2. The minimum atomic E-state index is -0.629. The minimum Gasteiger partial charge on any atom is -0.495 e. The summed E-state index contributed by atoms with van der Waals surface area (Å²) in [7, 11) is 2.83. The number of nitrogens with zero attached hydrogens (tertiary/aromatic N) is 2. The summed E-state index contributed by atoms with van der Waals surface area (Å²) < 4.78 is 23.6. The maximum absolute atomic E-state index is 13.6. The average molecular weight is 333 g/mol. The second kappa shape index (κ2) is 5.73. The molecular formula is C12H14BrFN2O3. The van der Waals surface area contributed by atoms with Gasteiger partial charge in [-0.2, -0.15) is 4.39 Å². The van der Waals surface area contributed by atoms with Gasteiger partial charge in [-0.05, 0) is 22.4 Å². The fourth-order valence-corrected chi connectivity index (χ4v) is 2.47. The van der Waals surface area contributed by atoms with Crippen molar-refractivity contribution in [1.29, 1.82) is 0 Å². The van der Waals surface area contributed by atoms with Crippen molar-refractivity contribution in [3.63, 3.8) is 0 Å². The molecule has 1 fully saturated rings. The van der Waals surface area contributed by atoms with Crippen molar-refractivity contribution in [1.82, 2.24) is 4.98 Å². The molecule has 2 rings (SSSR count). The lowest BCUT2D eigenvalue weighted by Crippen LogP contribution is -2.24. The third-order valence-corrected chi connectivity index (χ3v) is 3.86. The summed E-state index contributed by atoms with van der Waals surface area (Å²) in [5.74, 6) is -0.222. The SMILES string of the molecule is COC(=O)[C@H]1CCN(c2cc(OC)c(Br)c(F)n2)C1. The van der Waals surface area contributed by atoms with E-state index >= 15 is 0 Å². The number of carbonyl (C=O) groups is 1. The molecular weight excluding hydrogens is 319 g/mol. The first-order valence-corrected chi connectivity index (χ1v) is 6.59. The van der Waals surface area contributed by atoms with Crippen molar-refractivity contribution in [2.45, 2.75) is 6.42 Å². The third-order valence-electron chi connectivity index (χ3n) is 3.14. The van der Waals surface area contributed by atoms with Gasteiger partial charge < -0.3 is 14.4 Å². The van der Waals surface area contributed by atoms with Crippen molar-refractivity contribution in [2.75, 3.05) is 32.2 Å². The van der Waals surface area contributed by atoms with Crippen LogP contribution in [-0.2, 0) is 9.53 Å². The molecule has 0 radical (unpaired) electrons. The molecule has 0 unspecified atom stereocenters. The molecule has 0 aliphatic carbocycles. The van der Waals surface area contributed by atoms with E-state index in [-0.39, 0.29) is 16.4 Å². The minimum absolute atomic E-state index is 0.190. The predicted octanol–water partition coefficient (Wildman–Crippen LogP) is 1.99. The summed E-state index contributed by atoms with van der Waals surface area (Å²) >= 11 is 3.07. The average Bonchev–Trinajstić information content (AvgIpc) is 2.90. The Morgan fingerprint density at radius 2 is 2.32 bits per heavy atom. The van der Waals surface area contributed by atoms with Crippen molar-refractivity contribution < 1.29 is 18.7 Å². The van der Waals surface area contributed by atoms with Gasteiger partial charge in [0.1, 0.15) is 16.0 Å². The van der Waals surface area contributed by atoms with Gasteiger partial charge in [0, 0.05) is 19.2 Å². The highest BCUT2D eigenvalue weighted by Crippen LogP contribution is 2.32. The van der Waals surface area contributed by atoms with Crippen LogP contribution in [0.5, 0.6) is 5.75 Å². The molecule has 19 heavy (non-hydrogen) atoms. The molecule has 0 spiro atoms. The first kappa shape index (κ1) is 14.0. The van der Waals surface area contributed by atoms with Gasteiger partial charge in [-0.1, -0.05) is 0 Å². The molecule has 0 aromatic carbocycles. The Kier molecular flexibility index (Phi) is 4.24. The van der Waals surface area contributed by atoms with E-state index in [1.165, 1.54) is 14.2 Å². The van der Waals surface area contributed by atoms with E-state index in [2.05, 4.69) is 20.9 Å². The standard InChI is InChI=1S/C12H14BrFN2O3/c1-18-8-5-9(15-11(14)10(8)13)16-4-3-7(6-16)12(17)19-2/h5,7H,3-4,6H2,1-2H3/t7-/m0/s1. The number of esters is 1. The fraction of sp³-hybridized carbons (Fsp3) is 0.500. The number of carbonyl (C=O) groups excluding carboxylic acids is 1. The van der Waals surface area contributed by atoms with Gasteiger partial charge in [0.15, 0.2) is 0 Å². The lowest BCUT2D eigenvalue weighted by Gasteiger charge is -2.18. The number of pyridine rings is 1. The molecule has 0 amide bonds. The first-order chi connectivity index (χ1) is 9.06. The lowest BCUT2D eigenvalue weighted by molar-refractivity contribution is -0.144. The predicted molar refractivity (Wildman–Crippen MR) is 70.8 cm³/mol.